The number of rotatable bonds is 63. The summed E-state index contributed by atoms with van der Waals surface area (Å²) in [7, 11) is 6.21. The number of carboxylic acid groups (broad SMARTS) is 1. The summed E-state index contributed by atoms with van der Waals surface area (Å²) in [4.78, 5) is 196. The molecule has 3 aliphatic heterocycles. The number of methoxy groups -OCH3 is 2. The fraction of sp³-hybridized carbons (Fsp3) is 0.606. The van der Waals surface area contributed by atoms with Gasteiger partial charge in [0.15, 0.2) is 37.0 Å². The van der Waals surface area contributed by atoms with Crippen molar-refractivity contribution < 1.29 is 172 Å². The van der Waals surface area contributed by atoms with Gasteiger partial charge in [-0.05, 0) is 72.0 Å². The monoisotopic (exact) mass is 2000 g/mol. The maximum atomic E-state index is 14.5. The molecule has 0 saturated carbocycles. The average molecular weight is 2000 g/mol. The third kappa shape index (κ3) is 38.4. The van der Waals surface area contributed by atoms with Crippen molar-refractivity contribution in [3.8, 4) is 11.5 Å². The number of unbranched alkanes of at least 4 members (excludes halogenated alkanes) is 5. The lowest BCUT2D eigenvalue weighted by Crippen LogP contribution is -2.66. The van der Waals surface area contributed by atoms with E-state index in [1.54, 1.807) is 19.1 Å². The lowest BCUT2D eigenvalue weighted by molar-refractivity contribution is -0.279. The molecule has 0 radical (unpaired) electrons. The molecule has 12 atom stereocenters. The molecule has 3 aliphatic rings. The van der Waals surface area contributed by atoms with Crippen molar-refractivity contribution in [2.24, 2.45) is 10.8 Å². The third-order valence-corrected chi connectivity index (χ3v) is 23.5. The zero-order valence-electron chi connectivity index (χ0n) is 83.4. The topological polar surface area (TPSA) is 519 Å². The molecule has 7 rings (SSSR count). The molecule has 43 heteroatoms. The lowest BCUT2D eigenvalue weighted by Gasteiger charge is -2.44. The second-order valence-electron chi connectivity index (χ2n) is 34.7. The minimum atomic E-state index is -1.31. The van der Waals surface area contributed by atoms with Gasteiger partial charge in [-0.15, -0.1) is 0 Å². The van der Waals surface area contributed by atoms with Gasteiger partial charge in [0.2, 0.25) is 29.5 Å². The predicted octanol–water partition coefficient (Wildman–Crippen LogP) is 5.74. The molecule has 4 unspecified atom stereocenters. The number of likely N-dealkylation sites (N-methyl/N-ethyl adjacent to an activating group) is 2. The van der Waals surface area contributed by atoms with Crippen LogP contribution in [0.1, 0.15) is 171 Å². The largest absolute Gasteiger partial charge is 0.497 e. The Hall–Kier alpha value is -11.9. The molecule has 0 aliphatic carbocycles. The molecular formula is C99H139N7O36. The van der Waals surface area contributed by atoms with E-state index in [4.69, 9.17) is 94.7 Å². The fourth-order valence-electron chi connectivity index (χ4n) is 16.1. The molecule has 3 heterocycles. The van der Waals surface area contributed by atoms with Crippen LogP contribution >= 0.6 is 0 Å². The molecule has 0 bridgehead atoms. The molecule has 0 aromatic heterocycles. The van der Waals surface area contributed by atoms with Crippen LogP contribution in [0, 0.1) is 10.8 Å². The second kappa shape index (κ2) is 60.5. The summed E-state index contributed by atoms with van der Waals surface area (Å²) in [5.74, 6) is -8.21. The minimum absolute atomic E-state index is 0.000840. The Bertz CT molecular complexity index is 4690. The van der Waals surface area contributed by atoms with Crippen LogP contribution in [0.15, 0.2) is 97.1 Å². The highest BCUT2D eigenvalue weighted by molar-refractivity contribution is 6.08. The van der Waals surface area contributed by atoms with Crippen molar-refractivity contribution in [1.82, 2.24) is 30.7 Å². The highest BCUT2D eigenvalue weighted by Gasteiger charge is 2.57. The maximum Gasteiger partial charge on any atom is 0.306 e. The van der Waals surface area contributed by atoms with Gasteiger partial charge in [0.25, 0.3) is 11.8 Å². The Morgan fingerprint density at radius 2 is 0.838 bits per heavy atom. The van der Waals surface area contributed by atoms with E-state index in [-0.39, 0.29) is 180 Å². The maximum absolute atomic E-state index is 14.5. The zero-order chi connectivity index (χ0) is 104. The number of hydrogen-bond acceptors (Lipinski definition) is 35. The first-order valence-electron chi connectivity index (χ1n) is 47.2. The molecule has 7 amide bonds. The zero-order valence-corrected chi connectivity index (χ0v) is 83.4. The predicted molar refractivity (Wildman–Crippen MR) is 503 cm³/mol. The van der Waals surface area contributed by atoms with E-state index in [2.05, 4.69) is 21.3 Å². The van der Waals surface area contributed by atoms with Gasteiger partial charge in [-0.25, -0.2) is 0 Å². The summed E-state index contributed by atoms with van der Waals surface area (Å²) < 4.78 is 115. The molecule has 3 saturated heterocycles. The van der Waals surface area contributed by atoms with E-state index < -0.39 is 181 Å². The molecule has 0 spiro atoms. The summed E-state index contributed by atoms with van der Waals surface area (Å²) >= 11 is 0. The smallest absolute Gasteiger partial charge is 0.306 e. The number of hydrogen-bond donors (Lipinski definition) is 5. The summed E-state index contributed by atoms with van der Waals surface area (Å²) in [6, 6.07) is 26.9. The highest BCUT2D eigenvalue weighted by atomic mass is 16.7. The van der Waals surface area contributed by atoms with Crippen molar-refractivity contribution in [2.45, 2.75) is 200 Å². The van der Waals surface area contributed by atoms with Gasteiger partial charge in [-0.3, -0.25) is 71.9 Å². The lowest BCUT2D eigenvalue weighted by atomic mass is 9.68. The minimum Gasteiger partial charge on any atom is -0.497 e. The summed E-state index contributed by atoms with van der Waals surface area (Å²) in [5, 5.41) is 20.0. The molecule has 4 aromatic carbocycles. The van der Waals surface area contributed by atoms with E-state index in [1.165, 1.54) is 55.9 Å². The first-order valence-corrected chi connectivity index (χ1v) is 47.2. The molecule has 4 aromatic rings. The number of carbonyl (C=O) groups excluding carboxylic acids is 14. The molecule has 43 nitrogen and oxygen atoms in total. The van der Waals surface area contributed by atoms with Gasteiger partial charge in [0.05, 0.1) is 150 Å². The van der Waals surface area contributed by atoms with E-state index in [0.29, 0.717) is 30.8 Å². The van der Waals surface area contributed by atoms with Crippen LogP contribution in [0.5, 0.6) is 11.5 Å². The van der Waals surface area contributed by atoms with Gasteiger partial charge in [0.1, 0.15) is 54.6 Å². The van der Waals surface area contributed by atoms with Gasteiger partial charge in [-0.2, -0.15) is 0 Å². The van der Waals surface area contributed by atoms with Gasteiger partial charge in [0, 0.05) is 125 Å². The van der Waals surface area contributed by atoms with E-state index in [9.17, 15) is 77.0 Å². The SMILES string of the molecule is COc1ccc(C(OCC2(C)CN(C(=O)CCCCCCCCC(=O)NCC(=O)Nc3ccc(C(=O)N(C)CCOCCOCCOCCOC4O[C@H](COC(C)=O)[C@H](OC(C)=O)[C@H](OC(C)=O)[C@H]4NC(C)=O)c(C(=O)N(C)CCOCCOCCOCCOC4O[C@H](COC(C)=O)[C@H](OC(C)=O)[C@H](OC(C)=O)[C@H]4NC(C)=O)c3)CC2(C)COC(=O)CCC(=O)O)(c2ccccc2)c2ccc(OC)cc2)cc1. The van der Waals surface area contributed by atoms with Crippen LogP contribution in [-0.2, 0) is 153 Å². The van der Waals surface area contributed by atoms with Crippen molar-refractivity contribution in [2.75, 3.05) is 185 Å². The molecule has 3 fully saturated rings. The average Bonchev–Trinajstić information content (AvgIpc) is 1.49. The number of esters is 7. The van der Waals surface area contributed by atoms with Crippen LogP contribution < -0.4 is 30.7 Å². The normalized spacial score (nSPS) is 20.3. The number of aliphatic carboxylic acids is 1. The second-order valence-corrected chi connectivity index (χ2v) is 34.7. The number of carboxylic acids is 1. The van der Waals surface area contributed by atoms with Crippen molar-refractivity contribution in [1.29, 1.82) is 0 Å². The number of amides is 7. The number of anilines is 1. The standard InChI is InChI=1S/C99H139N7O36/c1-64(107)101-87-91(139-70(7)113)89(137-68(5)111)80(58-133-66(3)109)141-95(87)131-54-52-129-50-48-127-46-44-125-42-40-104(11)93(121)78-37-32-75(56-79(78)94(122)105(12)41-43-126-45-47-128-49-51-130-53-55-132-96-88(102-65(2)108)92(140-71(8)114)90(138-69(6)112)81(142-96)59-134-67(4)110)103-83(116)57-100-82(115)26-22-17-15-16-18-23-27-84(117)106-60-97(9,62-135-86(120)39-38-85(118)119)98(10,61-106)63-136-99(72-24-20-19-21-25-72,73-28-33-76(123-13)34-29-73)74-30-35-77(124-14)36-31-74/h19-21,24-25,28-37,56,80-81,87-92,95-96H,15-18,22-23,26-27,38-55,57-63H2,1-14H3,(H,100,115)(H,101,107)(H,102,108)(H,103,116)(H,118,119)/t80-,81-,87-,88-,89+,90+,91-,92-,95?,96?,97?,98?/m1/s1. The number of carbonyl (C=O) groups is 15. The molecule has 5 N–H and O–H groups in total. The highest BCUT2D eigenvalue weighted by Crippen LogP contribution is 2.51. The number of benzene rings is 4. The summed E-state index contributed by atoms with van der Waals surface area (Å²) in [6.07, 6.45) is -6.40. The van der Waals surface area contributed by atoms with E-state index in [0.717, 1.165) is 77.5 Å². The Morgan fingerprint density at radius 1 is 0.437 bits per heavy atom. The Labute approximate surface area is 826 Å². The first-order chi connectivity index (χ1) is 67.8. The Balaban J connectivity index is 0.886. The number of likely N-dealkylation sites (tertiary alicyclic amines) is 1. The first kappa shape index (κ1) is 117. The summed E-state index contributed by atoms with van der Waals surface area (Å²) in [5.41, 5.74) is -0.409. The fourth-order valence-corrected chi connectivity index (χ4v) is 16.1. The number of ether oxygens (including phenoxy) is 20. The van der Waals surface area contributed by atoms with Crippen molar-refractivity contribution in [3.05, 3.63) is 125 Å². The third-order valence-electron chi connectivity index (χ3n) is 23.5. The van der Waals surface area contributed by atoms with Crippen LogP contribution in [0.25, 0.3) is 0 Å². The Morgan fingerprint density at radius 3 is 1.26 bits per heavy atom. The molecule has 142 heavy (non-hydrogen) atoms. The van der Waals surface area contributed by atoms with Gasteiger partial charge in [-0.1, -0.05) is 94.1 Å². The van der Waals surface area contributed by atoms with E-state index in [1.807, 2.05) is 92.7 Å². The molecule has 786 valence electrons. The van der Waals surface area contributed by atoms with Crippen LogP contribution in [0.3, 0.4) is 0 Å². The number of nitrogens with one attached hydrogen (secondary N) is 4. The van der Waals surface area contributed by atoms with E-state index >= 15 is 0 Å². The number of nitrogens with zero attached hydrogens (tertiary/aromatic N) is 3. The van der Waals surface area contributed by atoms with Gasteiger partial charge < -0.3 is 136 Å². The quantitative estimate of drug-likeness (QED) is 0.0152. The van der Waals surface area contributed by atoms with Crippen molar-refractivity contribution >= 4 is 94.8 Å². The van der Waals surface area contributed by atoms with Crippen LogP contribution in [0.4, 0.5) is 5.69 Å². The Kier molecular flexibility index (Phi) is 49.9. The van der Waals surface area contributed by atoms with Gasteiger partial charge >= 0.3 is 47.8 Å². The summed E-state index contributed by atoms with van der Waals surface area (Å²) in [6.45, 7) is 13.4. The molecular weight excluding hydrogens is 1860 g/mol. The van der Waals surface area contributed by atoms with Crippen LogP contribution in [-0.4, -0.2) is 350 Å². The van der Waals surface area contributed by atoms with Crippen LogP contribution in [0.2, 0.25) is 0 Å². The van der Waals surface area contributed by atoms with Crippen molar-refractivity contribution in [3.63, 3.8) is 0 Å².